The maximum Gasteiger partial charge on any atom is 0.191 e. The van der Waals surface area contributed by atoms with Crippen LogP contribution in [0.2, 0.25) is 0 Å². The van der Waals surface area contributed by atoms with E-state index in [4.69, 9.17) is 14.5 Å². The number of ether oxygens (including phenoxy) is 2. The fraction of sp³-hybridized carbons (Fsp3) is 0.864. The molecule has 8 nitrogen and oxygen atoms in total. The van der Waals surface area contributed by atoms with E-state index < -0.39 is 0 Å². The van der Waals surface area contributed by atoms with Crippen molar-refractivity contribution in [3.8, 4) is 0 Å². The van der Waals surface area contributed by atoms with Crippen molar-refractivity contribution in [1.82, 2.24) is 25.4 Å². The van der Waals surface area contributed by atoms with Crippen LogP contribution in [0.5, 0.6) is 0 Å². The van der Waals surface area contributed by atoms with Gasteiger partial charge in [0.2, 0.25) is 0 Å². The number of aromatic nitrogens is 3. The number of methoxy groups -OCH3 is 1. The molecule has 0 aromatic carbocycles. The summed E-state index contributed by atoms with van der Waals surface area (Å²) in [4.78, 5) is 9.32. The van der Waals surface area contributed by atoms with Crippen LogP contribution in [0.1, 0.15) is 76.4 Å². The van der Waals surface area contributed by atoms with Crippen molar-refractivity contribution in [2.45, 2.75) is 96.4 Å². The maximum atomic E-state index is 6.01. The van der Waals surface area contributed by atoms with E-state index in [2.05, 4.69) is 27.6 Å². The van der Waals surface area contributed by atoms with Crippen LogP contribution in [-0.4, -0.2) is 59.7 Å². The highest BCUT2D eigenvalue weighted by Gasteiger charge is 2.22. The third-order valence-corrected chi connectivity index (χ3v) is 5.84. The Balaban J connectivity index is 0.00000341. The van der Waals surface area contributed by atoms with Crippen LogP contribution in [-0.2, 0) is 29.0 Å². The molecule has 1 atom stereocenters. The lowest BCUT2D eigenvalue weighted by atomic mass is 9.98. The van der Waals surface area contributed by atoms with Gasteiger partial charge in [0.05, 0.1) is 12.6 Å². The third kappa shape index (κ3) is 9.21. The maximum absolute atomic E-state index is 6.01. The SMILES string of the molecule is CCNC(=NCCCCCOC1CCCCC1)NC1CCc2nc(COC)nn2C1.I. The van der Waals surface area contributed by atoms with Crippen LogP contribution in [0.25, 0.3) is 0 Å². The summed E-state index contributed by atoms with van der Waals surface area (Å²) in [6, 6.07) is 0.316. The zero-order valence-corrected chi connectivity index (χ0v) is 21.6. The van der Waals surface area contributed by atoms with Crippen molar-refractivity contribution in [2.24, 2.45) is 4.99 Å². The molecule has 0 radical (unpaired) electrons. The Morgan fingerprint density at radius 2 is 2.00 bits per heavy atom. The Hall–Kier alpha value is -0.940. The number of halogens is 1. The van der Waals surface area contributed by atoms with Crippen molar-refractivity contribution in [3.63, 3.8) is 0 Å². The lowest BCUT2D eigenvalue weighted by Gasteiger charge is -2.25. The molecule has 1 aliphatic carbocycles. The highest BCUT2D eigenvalue weighted by molar-refractivity contribution is 14.0. The summed E-state index contributed by atoms with van der Waals surface area (Å²) in [6.45, 7) is 5.99. The summed E-state index contributed by atoms with van der Waals surface area (Å²) >= 11 is 0. The van der Waals surface area contributed by atoms with Gasteiger partial charge in [0, 0.05) is 39.3 Å². The van der Waals surface area contributed by atoms with Crippen LogP contribution >= 0.6 is 24.0 Å². The van der Waals surface area contributed by atoms with Gasteiger partial charge in [-0.15, -0.1) is 24.0 Å². The normalized spacial score (nSPS) is 19.5. The number of guanidine groups is 1. The molecule has 0 bridgehead atoms. The third-order valence-electron chi connectivity index (χ3n) is 5.84. The molecule has 1 aromatic heterocycles. The monoisotopic (exact) mass is 548 g/mol. The Kier molecular flexibility index (Phi) is 12.7. The van der Waals surface area contributed by atoms with E-state index >= 15 is 0 Å². The summed E-state index contributed by atoms with van der Waals surface area (Å²) in [5.41, 5.74) is 0. The molecule has 0 saturated heterocycles. The quantitative estimate of drug-likeness (QED) is 0.191. The Morgan fingerprint density at radius 3 is 2.77 bits per heavy atom. The first-order chi connectivity index (χ1) is 14.8. The van der Waals surface area contributed by atoms with Crippen molar-refractivity contribution in [3.05, 3.63) is 11.6 Å². The predicted molar refractivity (Wildman–Crippen MR) is 134 cm³/mol. The Labute approximate surface area is 204 Å². The summed E-state index contributed by atoms with van der Waals surface area (Å²) in [5.74, 6) is 2.72. The molecule has 1 unspecified atom stereocenters. The average Bonchev–Trinajstić information content (AvgIpc) is 3.16. The average molecular weight is 549 g/mol. The molecule has 1 saturated carbocycles. The fourth-order valence-electron chi connectivity index (χ4n) is 4.25. The highest BCUT2D eigenvalue weighted by Crippen LogP contribution is 2.20. The highest BCUT2D eigenvalue weighted by atomic mass is 127. The minimum Gasteiger partial charge on any atom is -0.378 e. The molecule has 3 rings (SSSR count). The van der Waals surface area contributed by atoms with Crippen molar-refractivity contribution in [1.29, 1.82) is 0 Å². The van der Waals surface area contributed by atoms with Gasteiger partial charge in [0.15, 0.2) is 11.8 Å². The summed E-state index contributed by atoms with van der Waals surface area (Å²) < 4.78 is 13.2. The number of aliphatic imine (C=N–C) groups is 1. The Bertz CT molecular complexity index is 648. The lowest BCUT2D eigenvalue weighted by molar-refractivity contribution is 0.0264. The minimum atomic E-state index is 0. The molecule has 31 heavy (non-hydrogen) atoms. The van der Waals surface area contributed by atoms with Gasteiger partial charge in [-0.3, -0.25) is 4.99 Å². The standard InChI is InChI=1S/C22H40N6O2.HI/c1-3-23-22(24-14-8-5-9-15-30-19-10-6-4-7-11-19)25-18-12-13-21-26-20(17-29-2)27-28(21)16-18;/h18-19H,3-17H2,1-2H3,(H2,23,24,25);1H. The molecule has 178 valence electrons. The molecule has 1 aromatic rings. The van der Waals surface area contributed by atoms with Gasteiger partial charge in [0.1, 0.15) is 12.4 Å². The van der Waals surface area contributed by atoms with E-state index in [-0.39, 0.29) is 24.0 Å². The number of fused-ring (bicyclic) bond motifs is 1. The molecule has 2 aliphatic rings. The number of rotatable bonds is 11. The van der Waals surface area contributed by atoms with Crippen LogP contribution in [0.4, 0.5) is 0 Å². The molecule has 0 amide bonds. The summed E-state index contributed by atoms with van der Waals surface area (Å²) in [6.07, 6.45) is 12.5. The summed E-state index contributed by atoms with van der Waals surface area (Å²) in [5, 5.41) is 11.5. The molecule has 0 spiro atoms. The first-order valence-corrected chi connectivity index (χ1v) is 11.9. The van der Waals surface area contributed by atoms with E-state index in [1.165, 1.54) is 38.5 Å². The van der Waals surface area contributed by atoms with Crippen molar-refractivity contribution in [2.75, 3.05) is 26.8 Å². The van der Waals surface area contributed by atoms with Crippen molar-refractivity contribution >= 4 is 29.9 Å². The van der Waals surface area contributed by atoms with Gasteiger partial charge in [-0.2, -0.15) is 5.10 Å². The predicted octanol–water partition coefficient (Wildman–Crippen LogP) is 3.43. The van der Waals surface area contributed by atoms with Gasteiger partial charge in [-0.25, -0.2) is 9.67 Å². The molecule has 9 heteroatoms. The van der Waals surface area contributed by atoms with Crippen LogP contribution in [0.15, 0.2) is 4.99 Å². The van der Waals surface area contributed by atoms with Gasteiger partial charge >= 0.3 is 0 Å². The first-order valence-electron chi connectivity index (χ1n) is 11.9. The topological polar surface area (TPSA) is 85.6 Å². The largest absolute Gasteiger partial charge is 0.378 e. The molecule has 1 aliphatic heterocycles. The van der Waals surface area contributed by atoms with E-state index in [0.29, 0.717) is 18.8 Å². The number of nitrogens with zero attached hydrogens (tertiary/aromatic N) is 4. The Morgan fingerprint density at radius 1 is 1.16 bits per heavy atom. The minimum absolute atomic E-state index is 0. The van der Waals surface area contributed by atoms with Gasteiger partial charge < -0.3 is 20.1 Å². The molecular weight excluding hydrogens is 507 g/mol. The van der Waals surface area contributed by atoms with Gasteiger partial charge in [-0.1, -0.05) is 19.3 Å². The van der Waals surface area contributed by atoms with Gasteiger partial charge in [-0.05, 0) is 45.4 Å². The van der Waals surface area contributed by atoms with Crippen LogP contribution in [0, 0.1) is 0 Å². The molecule has 2 N–H and O–H groups in total. The second-order valence-electron chi connectivity index (χ2n) is 8.39. The number of hydrogen-bond donors (Lipinski definition) is 2. The number of aryl methyl sites for hydroxylation is 1. The van der Waals surface area contributed by atoms with Crippen LogP contribution in [0.3, 0.4) is 0 Å². The second kappa shape index (κ2) is 15.0. The second-order valence-corrected chi connectivity index (χ2v) is 8.39. The smallest absolute Gasteiger partial charge is 0.191 e. The number of hydrogen-bond acceptors (Lipinski definition) is 5. The van der Waals surface area contributed by atoms with E-state index in [1.54, 1.807) is 7.11 Å². The zero-order chi connectivity index (χ0) is 21.0. The molecule has 2 heterocycles. The van der Waals surface area contributed by atoms with E-state index in [1.807, 2.05) is 4.68 Å². The number of nitrogens with one attached hydrogen (secondary N) is 2. The van der Waals surface area contributed by atoms with E-state index in [0.717, 1.165) is 69.5 Å². The molecular formula is C22H41IN6O2. The first kappa shape index (κ1) is 26.3. The lowest BCUT2D eigenvalue weighted by Crippen LogP contribution is -2.47. The van der Waals surface area contributed by atoms with Gasteiger partial charge in [0.25, 0.3) is 0 Å². The van der Waals surface area contributed by atoms with Crippen LogP contribution < -0.4 is 10.6 Å². The zero-order valence-electron chi connectivity index (χ0n) is 19.3. The number of unbranched alkanes of at least 4 members (excludes halogenated alkanes) is 2. The summed E-state index contributed by atoms with van der Waals surface area (Å²) in [7, 11) is 1.67. The molecule has 1 fully saturated rings. The van der Waals surface area contributed by atoms with Crippen molar-refractivity contribution < 1.29 is 9.47 Å². The fourth-order valence-corrected chi connectivity index (χ4v) is 4.25. The van der Waals surface area contributed by atoms with E-state index in [9.17, 15) is 0 Å².